The van der Waals surface area contributed by atoms with Crippen molar-refractivity contribution in [1.82, 2.24) is 5.32 Å². The van der Waals surface area contributed by atoms with Gasteiger partial charge in [-0.2, -0.15) is 0 Å². The van der Waals surface area contributed by atoms with E-state index in [0.717, 1.165) is 51.4 Å². The summed E-state index contributed by atoms with van der Waals surface area (Å²) in [5, 5.41) is 121. The lowest BCUT2D eigenvalue weighted by molar-refractivity contribution is -0.379. The average Bonchev–Trinajstić information content (AvgIpc) is 0.783. The monoisotopic (exact) mass is 1430 g/mol. The summed E-state index contributed by atoms with van der Waals surface area (Å²) >= 11 is 0. The third-order valence-electron chi connectivity index (χ3n) is 21.0. The van der Waals surface area contributed by atoms with Crippen LogP contribution in [-0.2, 0) is 33.2 Å². The quantitative estimate of drug-likeness (QED) is 0.0199. The lowest BCUT2D eigenvalue weighted by Crippen LogP contribution is -2.66. The van der Waals surface area contributed by atoms with Gasteiger partial charge in [-0.15, -0.1) is 0 Å². The Morgan fingerprint density at radius 1 is 0.360 bits per heavy atom. The summed E-state index contributed by atoms with van der Waals surface area (Å²) < 4.78 is 34.5. The summed E-state index contributed by atoms with van der Waals surface area (Å²) in [6.45, 7) is 1.84. The molecule has 0 aliphatic carbocycles. The van der Waals surface area contributed by atoms with Gasteiger partial charge in [-0.05, 0) is 44.9 Å². The predicted molar refractivity (Wildman–Crippen MR) is 397 cm³/mol. The molecule has 0 aromatic carbocycles. The molecule has 0 aromatic heterocycles. The molecule has 0 bridgehead atoms. The van der Waals surface area contributed by atoms with Crippen molar-refractivity contribution >= 4 is 5.91 Å². The zero-order valence-corrected chi connectivity index (χ0v) is 63.2. The van der Waals surface area contributed by atoms with Crippen LogP contribution < -0.4 is 5.32 Å². The number of carbonyl (C=O) groups excluding carboxylic acids is 1. The van der Waals surface area contributed by atoms with E-state index < -0.39 is 124 Å². The summed E-state index contributed by atoms with van der Waals surface area (Å²) in [6, 6.07) is -0.885. The van der Waals surface area contributed by atoms with Crippen LogP contribution in [0.25, 0.3) is 0 Å². The van der Waals surface area contributed by atoms with Crippen LogP contribution in [-0.4, -0.2) is 193 Å². The second-order valence-corrected chi connectivity index (χ2v) is 29.9. The van der Waals surface area contributed by atoms with Gasteiger partial charge in [-0.3, -0.25) is 4.79 Å². The van der Waals surface area contributed by atoms with E-state index in [1.165, 1.54) is 270 Å². The SMILES string of the molecule is CCCCCCC/C=C\C/C=C\CCCCCCCCCCCCCCCCCCCCCCCCCCCC(=O)NC(COC1OC(CO)C(OC2OC(CO)C(OC3OC(CO)C(O)C(O)C3O)C(O)C2O)C(O)C1O)C(O)CCCCCCCCCCCCCCCCCCCC. The maximum absolute atomic E-state index is 13.5. The minimum absolute atomic E-state index is 0.235. The molecule has 17 atom stereocenters. The number of allylic oxidation sites excluding steroid dienone is 4. The molecule has 3 rings (SSSR count). The van der Waals surface area contributed by atoms with Crippen LogP contribution in [0.5, 0.6) is 0 Å². The fourth-order valence-corrected chi connectivity index (χ4v) is 14.3. The summed E-state index contributed by atoms with van der Waals surface area (Å²) in [6.07, 6.45) is 48.6. The lowest BCUT2D eigenvalue weighted by atomic mass is 9.96. The van der Waals surface area contributed by atoms with E-state index >= 15 is 0 Å². The van der Waals surface area contributed by atoms with E-state index in [2.05, 4.69) is 43.5 Å². The molecule has 3 fully saturated rings. The number of nitrogens with one attached hydrogen (secondary N) is 1. The van der Waals surface area contributed by atoms with Gasteiger partial charge in [0.05, 0.1) is 38.6 Å². The molecule has 0 spiro atoms. The van der Waals surface area contributed by atoms with E-state index in [4.69, 9.17) is 28.4 Å². The standard InChI is InChI=1S/C81H153NO18/c1-3-5-7-9-11-13-15-17-19-21-23-24-25-26-27-28-29-30-31-32-33-34-35-36-37-38-39-40-41-43-45-47-49-51-53-55-57-59-69(87)82-64(65(86)58-56-54-52-50-48-46-44-42-22-20-18-16-14-12-10-8-6-4-2)63-95-79-75(93)72(90)77(67(61-84)97-79)100-81-76(94)73(91)78(68(62-85)98-81)99-80-74(92)71(89)70(88)66(60-83)96-80/h15,17,21,23,64-68,70-81,83-86,88-94H,3-14,16,18-20,22,24-63H2,1-2H3,(H,82,87)/b17-15-,23-21-. The van der Waals surface area contributed by atoms with E-state index in [0.29, 0.717) is 12.8 Å². The Bertz CT molecular complexity index is 1900. The molecule has 19 heteroatoms. The number of ether oxygens (including phenoxy) is 6. The number of aliphatic hydroxyl groups is 11. The van der Waals surface area contributed by atoms with Crippen LogP contribution in [0.2, 0.25) is 0 Å². The summed E-state index contributed by atoms with van der Waals surface area (Å²) in [4.78, 5) is 13.5. The first-order chi connectivity index (χ1) is 48.8. The van der Waals surface area contributed by atoms with Crippen molar-refractivity contribution in [2.45, 2.75) is 458 Å². The number of aliphatic hydroxyl groups excluding tert-OH is 11. The van der Waals surface area contributed by atoms with Gasteiger partial charge in [0.25, 0.3) is 0 Å². The molecule has 0 radical (unpaired) electrons. The fraction of sp³-hybridized carbons (Fsp3) is 0.938. The Balaban J connectivity index is 1.30. The highest BCUT2D eigenvalue weighted by Gasteiger charge is 2.54. The number of rotatable bonds is 67. The first-order valence-corrected chi connectivity index (χ1v) is 41.6. The number of carbonyl (C=O) groups is 1. The molecule has 100 heavy (non-hydrogen) atoms. The van der Waals surface area contributed by atoms with E-state index in [1.54, 1.807) is 0 Å². The Kier molecular flexibility index (Phi) is 57.6. The predicted octanol–water partition coefficient (Wildman–Crippen LogP) is 14.1. The normalized spacial score (nSPS) is 26.5. The molecular formula is C81H153NO18. The first-order valence-electron chi connectivity index (χ1n) is 41.6. The fourth-order valence-electron chi connectivity index (χ4n) is 14.3. The van der Waals surface area contributed by atoms with Crippen molar-refractivity contribution in [2.75, 3.05) is 26.4 Å². The third kappa shape index (κ3) is 42.0. The van der Waals surface area contributed by atoms with Gasteiger partial charge in [0.2, 0.25) is 5.91 Å². The van der Waals surface area contributed by atoms with Crippen molar-refractivity contribution in [1.29, 1.82) is 0 Å². The lowest BCUT2D eigenvalue weighted by Gasteiger charge is -2.48. The van der Waals surface area contributed by atoms with Gasteiger partial charge in [0, 0.05) is 6.42 Å². The Morgan fingerprint density at radius 2 is 0.660 bits per heavy atom. The van der Waals surface area contributed by atoms with E-state index in [1.807, 2.05) is 0 Å². The Hall–Kier alpha value is -1.73. The first kappa shape index (κ1) is 92.5. The van der Waals surface area contributed by atoms with Gasteiger partial charge >= 0.3 is 0 Å². The van der Waals surface area contributed by atoms with Crippen molar-refractivity contribution in [2.24, 2.45) is 0 Å². The molecule has 17 unspecified atom stereocenters. The van der Waals surface area contributed by atoms with Crippen LogP contribution >= 0.6 is 0 Å². The average molecular weight is 1430 g/mol. The number of hydrogen-bond acceptors (Lipinski definition) is 18. The number of hydrogen-bond donors (Lipinski definition) is 12. The van der Waals surface area contributed by atoms with Gasteiger partial charge in [0.15, 0.2) is 18.9 Å². The smallest absolute Gasteiger partial charge is 0.220 e. The maximum Gasteiger partial charge on any atom is 0.220 e. The molecule has 3 aliphatic rings. The Labute approximate surface area is 607 Å². The molecule has 3 saturated heterocycles. The van der Waals surface area contributed by atoms with Crippen LogP contribution in [0.4, 0.5) is 0 Å². The zero-order chi connectivity index (χ0) is 72.5. The highest BCUT2D eigenvalue weighted by Crippen LogP contribution is 2.33. The summed E-state index contributed by atoms with van der Waals surface area (Å²) in [5.41, 5.74) is 0. The number of amides is 1. The zero-order valence-electron chi connectivity index (χ0n) is 63.2. The maximum atomic E-state index is 13.5. The highest BCUT2D eigenvalue weighted by atomic mass is 16.8. The van der Waals surface area contributed by atoms with Gasteiger partial charge < -0.3 is 89.9 Å². The van der Waals surface area contributed by atoms with Crippen LogP contribution in [0, 0.1) is 0 Å². The van der Waals surface area contributed by atoms with Crippen molar-refractivity contribution < 1.29 is 89.4 Å². The van der Waals surface area contributed by atoms with E-state index in [9.17, 15) is 61.0 Å². The van der Waals surface area contributed by atoms with Crippen LogP contribution in [0.1, 0.15) is 354 Å². The highest BCUT2D eigenvalue weighted by molar-refractivity contribution is 5.76. The molecule has 1 amide bonds. The minimum Gasteiger partial charge on any atom is -0.394 e. The van der Waals surface area contributed by atoms with Crippen molar-refractivity contribution in [3.8, 4) is 0 Å². The largest absolute Gasteiger partial charge is 0.394 e. The second-order valence-electron chi connectivity index (χ2n) is 29.9. The third-order valence-corrected chi connectivity index (χ3v) is 21.0. The molecule has 3 heterocycles. The molecule has 590 valence electrons. The number of unbranched alkanes of at least 4 members (excludes halogenated alkanes) is 47. The van der Waals surface area contributed by atoms with Gasteiger partial charge in [-0.1, -0.05) is 327 Å². The Morgan fingerprint density at radius 3 is 1.02 bits per heavy atom. The molecular weight excluding hydrogens is 1270 g/mol. The minimum atomic E-state index is -1.97. The molecule has 0 saturated carbocycles. The molecule has 3 aliphatic heterocycles. The molecule has 0 aromatic rings. The summed E-state index contributed by atoms with van der Waals surface area (Å²) in [7, 11) is 0. The van der Waals surface area contributed by atoms with E-state index in [-0.39, 0.29) is 18.9 Å². The van der Waals surface area contributed by atoms with Crippen molar-refractivity contribution in [3.05, 3.63) is 24.3 Å². The topological polar surface area (TPSA) is 307 Å². The second kappa shape index (κ2) is 62.3. The molecule has 12 N–H and O–H groups in total. The van der Waals surface area contributed by atoms with Crippen molar-refractivity contribution in [3.63, 3.8) is 0 Å². The van der Waals surface area contributed by atoms with Gasteiger partial charge in [0.1, 0.15) is 73.2 Å². The molecule has 19 nitrogen and oxygen atoms in total. The van der Waals surface area contributed by atoms with Gasteiger partial charge in [-0.25, -0.2) is 0 Å². The van der Waals surface area contributed by atoms with Crippen LogP contribution in [0.3, 0.4) is 0 Å². The summed E-state index contributed by atoms with van der Waals surface area (Å²) in [5.74, 6) is -0.235. The van der Waals surface area contributed by atoms with Crippen LogP contribution in [0.15, 0.2) is 24.3 Å².